The third kappa shape index (κ3) is 3.49. The molecule has 0 N–H and O–H groups in total. The molecule has 3 rings (SSSR count). The number of likely N-dealkylation sites (N-methyl/N-ethyl adjacent to an activating group) is 1. The van der Waals surface area contributed by atoms with Gasteiger partial charge in [-0.15, -0.1) is 0 Å². The van der Waals surface area contributed by atoms with Crippen LogP contribution in [0, 0.1) is 5.82 Å². The minimum absolute atomic E-state index is 0.178. The number of fused-ring (bicyclic) bond motifs is 1. The Labute approximate surface area is 145 Å². The van der Waals surface area contributed by atoms with Crippen LogP contribution in [0.15, 0.2) is 54.7 Å². The van der Waals surface area contributed by atoms with Gasteiger partial charge in [-0.05, 0) is 24.3 Å². The number of carbonyl (C=O) groups excluding carboxylic acids is 1. The smallest absolute Gasteiger partial charge is 0.272 e. The van der Waals surface area contributed by atoms with E-state index in [-0.39, 0.29) is 23.2 Å². The molecule has 3 aromatic rings. The van der Waals surface area contributed by atoms with E-state index < -0.39 is 5.82 Å². The summed E-state index contributed by atoms with van der Waals surface area (Å²) in [7, 11) is 3.23. The number of nitrogens with zero attached hydrogens (tertiary/aromatic N) is 3. The van der Waals surface area contributed by atoms with Crippen LogP contribution in [0.25, 0.3) is 10.9 Å². The van der Waals surface area contributed by atoms with E-state index in [0.29, 0.717) is 17.7 Å². The second kappa shape index (κ2) is 7.36. The molecular formula is C19H18FN3O2. The fraction of sp³-hybridized carbons (Fsp3) is 0.211. The normalized spacial score (nSPS) is 12.1. The molecule has 6 heteroatoms. The van der Waals surface area contributed by atoms with E-state index in [1.165, 1.54) is 11.0 Å². The molecule has 0 spiro atoms. The monoisotopic (exact) mass is 339 g/mol. The van der Waals surface area contributed by atoms with Crippen molar-refractivity contribution < 1.29 is 13.9 Å². The molecule has 128 valence electrons. The summed E-state index contributed by atoms with van der Waals surface area (Å²) in [5, 5.41) is 0.650. The quantitative estimate of drug-likeness (QED) is 0.716. The third-order valence-electron chi connectivity index (χ3n) is 4.03. The molecule has 5 nitrogen and oxygen atoms in total. The van der Waals surface area contributed by atoms with E-state index >= 15 is 0 Å². The maximum Gasteiger partial charge on any atom is 0.272 e. The molecule has 0 saturated heterocycles. The predicted octanol–water partition coefficient (Wildman–Crippen LogP) is 3.23. The van der Waals surface area contributed by atoms with Crippen molar-refractivity contribution in [3.8, 4) is 0 Å². The van der Waals surface area contributed by atoms with Gasteiger partial charge in [0.1, 0.15) is 17.0 Å². The van der Waals surface area contributed by atoms with Crippen molar-refractivity contribution in [1.82, 2.24) is 14.9 Å². The van der Waals surface area contributed by atoms with Gasteiger partial charge in [-0.25, -0.2) is 9.37 Å². The molecule has 0 radical (unpaired) electrons. The standard InChI is InChI=1S/C19H18FN3O2/c1-23(17(12-25-2)15-8-3-4-11-21-15)19(24)16-10-9-13-6-5-7-14(20)18(13)22-16/h3-11,17H,12H2,1-2H3/t17-/m1/s1. The molecule has 0 unspecified atom stereocenters. The van der Waals surface area contributed by atoms with Crippen LogP contribution in [0.2, 0.25) is 0 Å². The summed E-state index contributed by atoms with van der Waals surface area (Å²) in [6.45, 7) is 0.293. The average Bonchev–Trinajstić information content (AvgIpc) is 2.66. The molecule has 0 aliphatic carbocycles. The zero-order valence-corrected chi connectivity index (χ0v) is 14.0. The minimum atomic E-state index is -0.451. The number of halogens is 1. The highest BCUT2D eigenvalue weighted by molar-refractivity contribution is 5.95. The van der Waals surface area contributed by atoms with Crippen molar-refractivity contribution in [2.45, 2.75) is 6.04 Å². The number of pyridine rings is 2. The molecule has 1 aromatic carbocycles. The second-order valence-corrected chi connectivity index (χ2v) is 5.65. The van der Waals surface area contributed by atoms with Gasteiger partial charge < -0.3 is 9.64 Å². The van der Waals surface area contributed by atoms with Gasteiger partial charge in [-0.3, -0.25) is 9.78 Å². The number of aromatic nitrogens is 2. The number of ether oxygens (including phenoxy) is 1. The van der Waals surface area contributed by atoms with Crippen molar-refractivity contribution in [2.24, 2.45) is 0 Å². The van der Waals surface area contributed by atoms with Crippen LogP contribution < -0.4 is 0 Å². The predicted molar refractivity (Wildman–Crippen MR) is 92.6 cm³/mol. The Morgan fingerprint density at radius 3 is 2.76 bits per heavy atom. The molecule has 2 aromatic heterocycles. The van der Waals surface area contributed by atoms with Crippen LogP contribution >= 0.6 is 0 Å². The van der Waals surface area contributed by atoms with E-state index in [2.05, 4.69) is 9.97 Å². The Hall–Kier alpha value is -2.86. The minimum Gasteiger partial charge on any atom is -0.382 e. The van der Waals surface area contributed by atoms with Gasteiger partial charge in [0.15, 0.2) is 0 Å². The number of hydrogen-bond acceptors (Lipinski definition) is 4. The van der Waals surface area contributed by atoms with E-state index in [1.807, 2.05) is 18.2 Å². The molecule has 2 heterocycles. The molecule has 0 aliphatic rings. The zero-order chi connectivity index (χ0) is 17.8. The molecule has 0 aliphatic heterocycles. The first-order chi connectivity index (χ1) is 12.1. The van der Waals surface area contributed by atoms with Gasteiger partial charge >= 0.3 is 0 Å². The van der Waals surface area contributed by atoms with E-state index in [0.717, 1.165) is 0 Å². The van der Waals surface area contributed by atoms with Crippen LogP contribution in [-0.4, -0.2) is 41.5 Å². The Kier molecular flexibility index (Phi) is 5.00. The van der Waals surface area contributed by atoms with Crippen molar-refractivity contribution >= 4 is 16.8 Å². The highest BCUT2D eigenvalue weighted by atomic mass is 19.1. The van der Waals surface area contributed by atoms with Crippen molar-refractivity contribution in [3.63, 3.8) is 0 Å². The van der Waals surface area contributed by atoms with E-state index in [4.69, 9.17) is 4.74 Å². The van der Waals surface area contributed by atoms with Crippen LogP contribution in [0.3, 0.4) is 0 Å². The van der Waals surface area contributed by atoms with Gasteiger partial charge in [-0.2, -0.15) is 0 Å². The first kappa shape index (κ1) is 17.0. The zero-order valence-electron chi connectivity index (χ0n) is 14.0. The van der Waals surface area contributed by atoms with Gasteiger partial charge in [0.05, 0.1) is 18.3 Å². The number of carbonyl (C=O) groups is 1. The Morgan fingerprint density at radius 1 is 1.20 bits per heavy atom. The summed E-state index contributed by atoms with van der Waals surface area (Å²) in [4.78, 5) is 22.9. The maximum atomic E-state index is 14.0. The van der Waals surface area contributed by atoms with Crippen LogP contribution in [-0.2, 0) is 4.74 Å². The molecule has 0 bridgehead atoms. The van der Waals surface area contributed by atoms with E-state index in [9.17, 15) is 9.18 Å². The third-order valence-corrected chi connectivity index (χ3v) is 4.03. The summed E-state index contributed by atoms with van der Waals surface area (Å²) in [6, 6.07) is 13.1. The Bertz CT molecular complexity index is 886. The topological polar surface area (TPSA) is 55.3 Å². The lowest BCUT2D eigenvalue weighted by molar-refractivity contribution is 0.0590. The number of methoxy groups -OCH3 is 1. The molecule has 0 saturated carbocycles. The van der Waals surface area contributed by atoms with Crippen molar-refractivity contribution in [3.05, 3.63) is 71.9 Å². The van der Waals surface area contributed by atoms with Gasteiger partial charge in [0.25, 0.3) is 5.91 Å². The number of amides is 1. The SMILES string of the molecule is COC[C@H](c1ccccn1)N(C)C(=O)c1ccc2cccc(F)c2n1. The first-order valence-corrected chi connectivity index (χ1v) is 7.84. The summed E-state index contributed by atoms with van der Waals surface area (Å²) in [5.41, 5.74) is 1.08. The van der Waals surface area contributed by atoms with Crippen LogP contribution in [0.5, 0.6) is 0 Å². The van der Waals surface area contributed by atoms with E-state index in [1.54, 1.807) is 44.6 Å². The summed E-state index contributed by atoms with van der Waals surface area (Å²) in [6.07, 6.45) is 1.67. The Morgan fingerprint density at radius 2 is 2.04 bits per heavy atom. The lowest BCUT2D eigenvalue weighted by Gasteiger charge is -2.27. The summed E-state index contributed by atoms with van der Waals surface area (Å²) < 4.78 is 19.2. The number of para-hydroxylation sites is 1. The molecular weight excluding hydrogens is 321 g/mol. The maximum absolute atomic E-state index is 14.0. The molecule has 0 fully saturated rings. The first-order valence-electron chi connectivity index (χ1n) is 7.84. The lowest BCUT2D eigenvalue weighted by atomic mass is 10.1. The van der Waals surface area contributed by atoms with Gasteiger partial charge in [-0.1, -0.05) is 24.3 Å². The van der Waals surface area contributed by atoms with Gasteiger partial charge in [0, 0.05) is 25.7 Å². The number of hydrogen-bond donors (Lipinski definition) is 0. The molecule has 1 atom stereocenters. The fourth-order valence-electron chi connectivity index (χ4n) is 2.68. The highest BCUT2D eigenvalue weighted by Gasteiger charge is 2.25. The van der Waals surface area contributed by atoms with Gasteiger partial charge in [0.2, 0.25) is 0 Å². The van der Waals surface area contributed by atoms with Crippen LogP contribution in [0.1, 0.15) is 22.2 Å². The lowest BCUT2D eigenvalue weighted by Crippen LogP contribution is -2.34. The largest absolute Gasteiger partial charge is 0.382 e. The second-order valence-electron chi connectivity index (χ2n) is 5.65. The molecule has 25 heavy (non-hydrogen) atoms. The fourth-order valence-corrected chi connectivity index (χ4v) is 2.68. The average molecular weight is 339 g/mol. The Balaban J connectivity index is 1.94. The summed E-state index contributed by atoms with van der Waals surface area (Å²) in [5.74, 6) is -0.772. The number of benzene rings is 1. The van der Waals surface area contributed by atoms with Crippen LogP contribution in [0.4, 0.5) is 4.39 Å². The number of rotatable bonds is 5. The van der Waals surface area contributed by atoms with Crippen molar-refractivity contribution in [1.29, 1.82) is 0 Å². The molecule has 1 amide bonds. The highest BCUT2D eigenvalue weighted by Crippen LogP contribution is 2.21. The summed E-state index contributed by atoms with van der Waals surface area (Å²) >= 11 is 0. The van der Waals surface area contributed by atoms with Crippen molar-refractivity contribution in [2.75, 3.05) is 20.8 Å².